The van der Waals surface area contributed by atoms with Gasteiger partial charge in [-0.2, -0.15) is 0 Å². The second kappa shape index (κ2) is 9.06. The van der Waals surface area contributed by atoms with Crippen LogP contribution in [-0.4, -0.2) is 53.9 Å². The molecule has 2 amide bonds. The van der Waals surface area contributed by atoms with Crippen molar-refractivity contribution < 1.29 is 14.3 Å². The maximum Gasteiger partial charge on any atom is 0.253 e. The molecule has 2 aliphatic rings. The third-order valence-corrected chi connectivity index (χ3v) is 5.31. The van der Waals surface area contributed by atoms with Gasteiger partial charge >= 0.3 is 0 Å². The highest BCUT2D eigenvalue weighted by Gasteiger charge is 2.22. The first-order valence-electron chi connectivity index (χ1n) is 10.0. The predicted molar refractivity (Wildman–Crippen MR) is 101 cm³/mol. The summed E-state index contributed by atoms with van der Waals surface area (Å²) in [6, 6.07) is 7.52. The molecule has 1 aromatic rings. The Bertz CT molecular complexity index is 608. The third kappa shape index (κ3) is 4.77. The zero-order valence-corrected chi connectivity index (χ0v) is 15.8. The van der Waals surface area contributed by atoms with Gasteiger partial charge in [0.15, 0.2) is 0 Å². The zero-order valence-electron chi connectivity index (χ0n) is 15.8. The molecule has 2 fully saturated rings. The van der Waals surface area contributed by atoms with Crippen molar-refractivity contribution in [1.29, 1.82) is 0 Å². The number of amides is 2. The molecule has 0 aromatic heterocycles. The lowest BCUT2D eigenvalue weighted by Crippen LogP contribution is -2.37. The lowest BCUT2D eigenvalue weighted by Gasteiger charge is -2.22. The summed E-state index contributed by atoms with van der Waals surface area (Å²) in [5.74, 6) is 1.10. The van der Waals surface area contributed by atoms with Crippen LogP contribution in [-0.2, 0) is 4.79 Å². The molecule has 1 aromatic carbocycles. The Balaban J connectivity index is 1.55. The monoisotopic (exact) mass is 358 g/mol. The van der Waals surface area contributed by atoms with E-state index in [1.165, 1.54) is 12.8 Å². The van der Waals surface area contributed by atoms with Crippen LogP contribution in [0.25, 0.3) is 0 Å². The van der Waals surface area contributed by atoms with Crippen molar-refractivity contribution in [3.63, 3.8) is 0 Å². The molecule has 1 heterocycles. The minimum absolute atomic E-state index is 0.0437. The minimum atomic E-state index is 0.0437. The molecule has 0 atom stereocenters. The first kappa shape index (κ1) is 18.7. The molecule has 1 saturated carbocycles. The Morgan fingerprint density at radius 3 is 2.31 bits per heavy atom. The van der Waals surface area contributed by atoms with E-state index in [0.717, 1.165) is 38.0 Å². The Labute approximate surface area is 156 Å². The summed E-state index contributed by atoms with van der Waals surface area (Å²) in [6.45, 7) is 4.71. The van der Waals surface area contributed by atoms with Crippen LogP contribution in [0.15, 0.2) is 24.3 Å². The molecule has 1 saturated heterocycles. The summed E-state index contributed by atoms with van der Waals surface area (Å²) >= 11 is 0. The van der Waals surface area contributed by atoms with Crippen molar-refractivity contribution in [1.82, 2.24) is 9.80 Å². The standard InChI is InChI=1S/C21H30N2O3/c1-2-6-20(24)22-13-5-14-23(16-15-22)21(25)17-9-11-19(12-10-17)26-18-7-3-4-8-18/h9-12,18H,2-8,13-16H2,1H3. The Kier molecular flexibility index (Phi) is 6.53. The Morgan fingerprint density at radius 1 is 0.962 bits per heavy atom. The number of rotatable bonds is 5. The number of ether oxygens (including phenoxy) is 1. The van der Waals surface area contributed by atoms with E-state index in [-0.39, 0.29) is 11.8 Å². The van der Waals surface area contributed by atoms with Gasteiger partial charge in [-0.05, 0) is 62.8 Å². The Hall–Kier alpha value is -2.04. The van der Waals surface area contributed by atoms with Crippen LogP contribution in [0.3, 0.4) is 0 Å². The minimum Gasteiger partial charge on any atom is -0.490 e. The van der Waals surface area contributed by atoms with E-state index in [4.69, 9.17) is 4.74 Å². The summed E-state index contributed by atoms with van der Waals surface area (Å²) in [5, 5.41) is 0. The quantitative estimate of drug-likeness (QED) is 0.810. The van der Waals surface area contributed by atoms with Crippen molar-refractivity contribution in [2.24, 2.45) is 0 Å². The Morgan fingerprint density at radius 2 is 1.62 bits per heavy atom. The van der Waals surface area contributed by atoms with E-state index in [0.29, 0.717) is 37.7 Å². The normalized spacial score (nSPS) is 18.7. The van der Waals surface area contributed by atoms with Gasteiger partial charge in [-0.3, -0.25) is 9.59 Å². The second-order valence-corrected chi connectivity index (χ2v) is 7.33. The van der Waals surface area contributed by atoms with Gasteiger partial charge in [0.25, 0.3) is 5.91 Å². The van der Waals surface area contributed by atoms with Crippen LogP contribution in [0.4, 0.5) is 0 Å². The third-order valence-electron chi connectivity index (χ3n) is 5.31. The van der Waals surface area contributed by atoms with Gasteiger partial charge in [0.1, 0.15) is 5.75 Å². The van der Waals surface area contributed by atoms with Gasteiger partial charge in [-0.1, -0.05) is 6.92 Å². The first-order chi connectivity index (χ1) is 12.7. The second-order valence-electron chi connectivity index (χ2n) is 7.33. The summed E-state index contributed by atoms with van der Waals surface area (Å²) in [7, 11) is 0. The van der Waals surface area contributed by atoms with E-state index < -0.39 is 0 Å². The summed E-state index contributed by atoms with van der Waals surface area (Å²) in [6.07, 6.45) is 7.37. The molecule has 26 heavy (non-hydrogen) atoms. The number of nitrogens with zero attached hydrogens (tertiary/aromatic N) is 2. The SMILES string of the molecule is CCCC(=O)N1CCCN(C(=O)c2ccc(OC3CCCC3)cc2)CC1. The number of hydrogen-bond donors (Lipinski definition) is 0. The van der Waals surface area contributed by atoms with Crippen molar-refractivity contribution >= 4 is 11.8 Å². The van der Waals surface area contributed by atoms with Gasteiger partial charge in [0.2, 0.25) is 5.91 Å². The van der Waals surface area contributed by atoms with E-state index in [2.05, 4.69) is 0 Å². The molecular weight excluding hydrogens is 328 g/mol. The fraction of sp³-hybridized carbons (Fsp3) is 0.619. The van der Waals surface area contributed by atoms with E-state index in [9.17, 15) is 9.59 Å². The van der Waals surface area contributed by atoms with Gasteiger partial charge in [-0.15, -0.1) is 0 Å². The zero-order chi connectivity index (χ0) is 18.4. The highest BCUT2D eigenvalue weighted by atomic mass is 16.5. The first-order valence-corrected chi connectivity index (χ1v) is 10.0. The molecular formula is C21H30N2O3. The molecule has 1 aliphatic carbocycles. The maximum atomic E-state index is 12.8. The smallest absolute Gasteiger partial charge is 0.253 e. The molecule has 3 rings (SSSR count). The van der Waals surface area contributed by atoms with Gasteiger partial charge < -0.3 is 14.5 Å². The van der Waals surface area contributed by atoms with Crippen LogP contribution < -0.4 is 4.74 Å². The van der Waals surface area contributed by atoms with E-state index in [1.54, 1.807) is 0 Å². The average molecular weight is 358 g/mol. The lowest BCUT2D eigenvalue weighted by molar-refractivity contribution is -0.131. The molecule has 142 valence electrons. The summed E-state index contributed by atoms with van der Waals surface area (Å²) in [5.41, 5.74) is 0.692. The molecule has 0 bridgehead atoms. The number of carbonyl (C=O) groups excluding carboxylic acids is 2. The number of benzene rings is 1. The van der Waals surface area contributed by atoms with Gasteiger partial charge in [-0.25, -0.2) is 0 Å². The topological polar surface area (TPSA) is 49.9 Å². The fourth-order valence-electron chi connectivity index (χ4n) is 3.80. The van der Waals surface area contributed by atoms with Crippen molar-refractivity contribution in [3.8, 4) is 5.75 Å². The van der Waals surface area contributed by atoms with Crippen LogP contribution in [0.1, 0.15) is 62.2 Å². The highest BCUT2D eigenvalue weighted by molar-refractivity contribution is 5.94. The van der Waals surface area contributed by atoms with Crippen LogP contribution in [0, 0.1) is 0 Å². The molecule has 1 aliphatic heterocycles. The largest absolute Gasteiger partial charge is 0.490 e. The molecule has 0 N–H and O–H groups in total. The highest BCUT2D eigenvalue weighted by Crippen LogP contribution is 2.24. The summed E-state index contributed by atoms with van der Waals surface area (Å²) in [4.78, 5) is 28.6. The van der Waals surface area contributed by atoms with Gasteiger partial charge in [0.05, 0.1) is 6.10 Å². The maximum absolute atomic E-state index is 12.8. The number of carbonyl (C=O) groups is 2. The van der Waals surface area contributed by atoms with Crippen LogP contribution in [0.2, 0.25) is 0 Å². The van der Waals surface area contributed by atoms with Gasteiger partial charge in [0, 0.05) is 38.2 Å². The van der Waals surface area contributed by atoms with Crippen molar-refractivity contribution in [3.05, 3.63) is 29.8 Å². The van der Waals surface area contributed by atoms with Crippen molar-refractivity contribution in [2.75, 3.05) is 26.2 Å². The van der Waals surface area contributed by atoms with E-state index in [1.807, 2.05) is 41.0 Å². The van der Waals surface area contributed by atoms with Crippen LogP contribution in [0.5, 0.6) is 5.75 Å². The molecule has 0 unspecified atom stereocenters. The molecule has 0 radical (unpaired) electrons. The van der Waals surface area contributed by atoms with Crippen LogP contribution >= 0.6 is 0 Å². The molecule has 0 spiro atoms. The molecule has 5 heteroatoms. The summed E-state index contributed by atoms with van der Waals surface area (Å²) < 4.78 is 5.97. The molecule has 5 nitrogen and oxygen atoms in total. The lowest BCUT2D eigenvalue weighted by atomic mass is 10.2. The van der Waals surface area contributed by atoms with Crippen molar-refractivity contribution in [2.45, 2.75) is 58.0 Å². The fourth-order valence-corrected chi connectivity index (χ4v) is 3.80. The number of hydrogen-bond acceptors (Lipinski definition) is 3. The van der Waals surface area contributed by atoms with E-state index >= 15 is 0 Å². The average Bonchev–Trinajstić information content (AvgIpc) is 3.03. The predicted octanol–water partition coefficient (Wildman–Crippen LogP) is 3.48.